The minimum Gasteiger partial charge on any atom is -0.493 e. The van der Waals surface area contributed by atoms with Gasteiger partial charge in [-0.05, 0) is 49.6 Å². The van der Waals surface area contributed by atoms with E-state index in [1.165, 1.54) is 7.11 Å². The van der Waals surface area contributed by atoms with Crippen molar-refractivity contribution in [1.29, 1.82) is 0 Å². The molecule has 0 aromatic heterocycles. The number of aryl methyl sites for hydroxylation is 2. The van der Waals surface area contributed by atoms with Gasteiger partial charge >= 0.3 is 0 Å². The number of fused-ring (bicyclic) bond motifs is 1. The standard InChI is InChI=1S/C22H24N2O4/c1-13-5-6-14(2)20-17(13)11-16(22(26)24-20)9-10-23-21(25)15-7-8-18(27-3)19(12-15)28-4/h5-8,11-12,16H,9-10H2,1-4H3,(H,23,25). The van der Waals surface area contributed by atoms with Crippen LogP contribution in [0.4, 0.5) is 0 Å². The molecule has 1 aliphatic heterocycles. The van der Waals surface area contributed by atoms with E-state index < -0.39 is 0 Å². The Kier molecular flexibility index (Phi) is 5.78. The zero-order valence-corrected chi connectivity index (χ0v) is 16.5. The molecule has 0 bridgehead atoms. The fourth-order valence-corrected chi connectivity index (χ4v) is 3.27. The van der Waals surface area contributed by atoms with E-state index in [4.69, 9.17) is 9.47 Å². The second kappa shape index (κ2) is 8.25. The van der Waals surface area contributed by atoms with Gasteiger partial charge in [-0.2, -0.15) is 0 Å². The largest absolute Gasteiger partial charge is 0.493 e. The van der Waals surface area contributed by atoms with Crippen molar-refractivity contribution in [2.45, 2.75) is 20.3 Å². The number of nitrogens with one attached hydrogen (secondary N) is 1. The zero-order chi connectivity index (χ0) is 20.3. The highest BCUT2D eigenvalue weighted by atomic mass is 16.5. The van der Waals surface area contributed by atoms with Gasteiger partial charge in [0.2, 0.25) is 0 Å². The van der Waals surface area contributed by atoms with E-state index in [1.807, 2.05) is 32.1 Å². The second-order valence-corrected chi connectivity index (χ2v) is 6.80. The molecule has 146 valence electrons. The van der Waals surface area contributed by atoms with Crippen LogP contribution in [-0.2, 0) is 4.79 Å². The first kappa shape index (κ1) is 19.6. The molecule has 1 atom stereocenters. The third kappa shape index (κ3) is 3.91. The van der Waals surface area contributed by atoms with E-state index in [0.29, 0.717) is 30.0 Å². The van der Waals surface area contributed by atoms with Crippen LogP contribution in [0.5, 0.6) is 11.5 Å². The lowest BCUT2D eigenvalue weighted by atomic mass is 9.97. The average Bonchev–Trinajstić information content (AvgIpc) is 2.71. The summed E-state index contributed by atoms with van der Waals surface area (Å²) in [6.07, 6.45) is 2.46. The van der Waals surface area contributed by atoms with Crippen LogP contribution >= 0.6 is 0 Å². The number of amides is 2. The summed E-state index contributed by atoms with van der Waals surface area (Å²) in [5, 5.41) is 4.63. The predicted molar refractivity (Wildman–Crippen MR) is 106 cm³/mol. The molecule has 2 amide bonds. The maximum Gasteiger partial charge on any atom is 0.253 e. The summed E-state index contributed by atoms with van der Waals surface area (Å²) < 4.78 is 10.4. The van der Waals surface area contributed by atoms with E-state index in [-0.39, 0.29) is 17.7 Å². The Morgan fingerprint density at radius 1 is 1.07 bits per heavy atom. The highest BCUT2D eigenvalue weighted by Crippen LogP contribution is 2.27. The van der Waals surface area contributed by atoms with Gasteiger partial charge in [-0.1, -0.05) is 18.2 Å². The highest BCUT2D eigenvalue weighted by Gasteiger charge is 2.20. The topological polar surface area (TPSA) is 77.0 Å². The van der Waals surface area contributed by atoms with Crippen molar-refractivity contribution in [3.63, 3.8) is 0 Å². The van der Waals surface area contributed by atoms with E-state index in [2.05, 4.69) is 10.3 Å². The highest BCUT2D eigenvalue weighted by molar-refractivity contribution is 5.95. The maximum atomic E-state index is 12.4. The number of nitrogens with zero attached hydrogens (tertiary/aromatic N) is 1. The van der Waals surface area contributed by atoms with Crippen molar-refractivity contribution in [2.75, 3.05) is 20.8 Å². The van der Waals surface area contributed by atoms with Crippen LogP contribution in [0.15, 0.2) is 35.3 Å². The molecule has 0 saturated carbocycles. The first-order valence-electron chi connectivity index (χ1n) is 9.15. The summed E-state index contributed by atoms with van der Waals surface area (Å²) in [7, 11) is 3.07. The van der Waals surface area contributed by atoms with E-state index >= 15 is 0 Å². The SMILES string of the molecule is COc1ccc(C(=O)NCCC2C=c3c(C)ccc(C)c3=NC2=O)cc1OC. The van der Waals surface area contributed by atoms with Gasteiger partial charge in [-0.15, -0.1) is 0 Å². The van der Waals surface area contributed by atoms with Gasteiger partial charge in [0.15, 0.2) is 11.5 Å². The van der Waals surface area contributed by atoms with Crippen LogP contribution < -0.4 is 25.4 Å². The number of carbonyl (C=O) groups is 2. The predicted octanol–water partition coefficient (Wildman–Crippen LogP) is 1.70. The molecule has 1 unspecified atom stereocenters. The van der Waals surface area contributed by atoms with Gasteiger partial charge < -0.3 is 14.8 Å². The monoisotopic (exact) mass is 380 g/mol. The number of carbonyl (C=O) groups excluding carboxylic acids is 2. The molecule has 0 radical (unpaired) electrons. The molecule has 1 aliphatic rings. The third-order valence-electron chi connectivity index (χ3n) is 4.93. The quantitative estimate of drug-likeness (QED) is 0.828. The number of hydrogen-bond acceptors (Lipinski definition) is 4. The van der Waals surface area contributed by atoms with Crippen molar-refractivity contribution in [2.24, 2.45) is 10.9 Å². The fraction of sp³-hybridized carbons (Fsp3) is 0.318. The minimum absolute atomic E-state index is 0.165. The van der Waals surface area contributed by atoms with Crippen molar-refractivity contribution in [3.8, 4) is 11.5 Å². The lowest BCUT2D eigenvalue weighted by Crippen LogP contribution is -2.38. The molecular formula is C22H24N2O4. The first-order chi connectivity index (χ1) is 13.4. The molecule has 1 N–H and O–H groups in total. The smallest absolute Gasteiger partial charge is 0.253 e. The lowest BCUT2D eigenvalue weighted by molar-refractivity contribution is -0.120. The van der Waals surface area contributed by atoms with Crippen molar-refractivity contribution >= 4 is 17.9 Å². The number of ether oxygens (including phenoxy) is 2. The molecule has 0 fully saturated rings. The van der Waals surface area contributed by atoms with Crippen molar-refractivity contribution < 1.29 is 19.1 Å². The summed E-state index contributed by atoms with van der Waals surface area (Å²) in [6, 6.07) is 9.00. The Labute approximate surface area is 163 Å². The molecule has 0 aliphatic carbocycles. The molecule has 6 heteroatoms. The third-order valence-corrected chi connectivity index (χ3v) is 4.93. The van der Waals surface area contributed by atoms with Gasteiger partial charge in [0.25, 0.3) is 11.8 Å². The van der Waals surface area contributed by atoms with Gasteiger partial charge in [0.1, 0.15) is 0 Å². The summed E-state index contributed by atoms with van der Waals surface area (Å²) in [5.74, 6) is 0.327. The van der Waals surface area contributed by atoms with Crippen molar-refractivity contribution in [3.05, 3.63) is 57.6 Å². The van der Waals surface area contributed by atoms with Crippen LogP contribution in [-0.4, -0.2) is 32.6 Å². The fourth-order valence-electron chi connectivity index (χ4n) is 3.27. The number of methoxy groups -OCH3 is 2. The second-order valence-electron chi connectivity index (χ2n) is 6.80. The number of hydrogen-bond donors (Lipinski definition) is 1. The molecule has 3 rings (SSSR count). The van der Waals surface area contributed by atoms with E-state index in [9.17, 15) is 9.59 Å². The number of benzene rings is 2. The summed E-state index contributed by atoms with van der Waals surface area (Å²) >= 11 is 0. The van der Waals surface area contributed by atoms with Gasteiger partial charge in [-0.3, -0.25) is 9.59 Å². The van der Waals surface area contributed by atoms with Gasteiger partial charge in [0.05, 0.1) is 25.5 Å². The van der Waals surface area contributed by atoms with Gasteiger partial charge in [0, 0.05) is 17.3 Å². The van der Waals surface area contributed by atoms with Crippen LogP contribution in [0.3, 0.4) is 0 Å². The molecule has 28 heavy (non-hydrogen) atoms. The van der Waals surface area contributed by atoms with Gasteiger partial charge in [-0.25, -0.2) is 4.99 Å². The molecule has 6 nitrogen and oxygen atoms in total. The number of rotatable bonds is 6. The Morgan fingerprint density at radius 2 is 1.79 bits per heavy atom. The van der Waals surface area contributed by atoms with Crippen LogP contribution in [0, 0.1) is 19.8 Å². The zero-order valence-electron chi connectivity index (χ0n) is 16.5. The van der Waals surface area contributed by atoms with Crippen LogP contribution in [0.2, 0.25) is 0 Å². The Balaban J connectivity index is 1.68. The molecule has 1 heterocycles. The van der Waals surface area contributed by atoms with Crippen LogP contribution in [0.25, 0.3) is 6.08 Å². The molecule has 2 aromatic rings. The summed E-state index contributed by atoms with van der Waals surface area (Å²) in [4.78, 5) is 29.1. The lowest BCUT2D eigenvalue weighted by Gasteiger charge is -2.15. The molecule has 0 spiro atoms. The summed E-state index contributed by atoms with van der Waals surface area (Å²) in [6.45, 7) is 4.33. The van der Waals surface area contributed by atoms with Crippen LogP contribution in [0.1, 0.15) is 27.9 Å². The van der Waals surface area contributed by atoms with Crippen molar-refractivity contribution in [1.82, 2.24) is 5.32 Å². The molecule has 0 saturated heterocycles. The summed E-state index contributed by atoms with van der Waals surface area (Å²) in [5.41, 5.74) is 2.56. The Morgan fingerprint density at radius 3 is 2.50 bits per heavy atom. The Bertz CT molecular complexity index is 1040. The van der Waals surface area contributed by atoms with E-state index in [1.54, 1.807) is 25.3 Å². The Hall–Kier alpha value is -3.15. The molecular weight excluding hydrogens is 356 g/mol. The van der Waals surface area contributed by atoms with E-state index in [0.717, 1.165) is 21.7 Å². The minimum atomic E-state index is -0.335. The normalized spacial score (nSPS) is 15.1. The molecule has 2 aromatic carbocycles. The maximum absolute atomic E-state index is 12.4. The first-order valence-corrected chi connectivity index (χ1v) is 9.15. The average molecular weight is 380 g/mol.